The number of H-pyrrole nitrogens is 2. The number of nitrogens with zero attached hydrogens (tertiary/aromatic N) is 4. The first-order valence-corrected chi connectivity index (χ1v) is 11.2. The van der Waals surface area contributed by atoms with Crippen LogP contribution in [-0.4, -0.2) is 44.1 Å². The minimum absolute atomic E-state index is 0.0931. The van der Waals surface area contributed by atoms with Gasteiger partial charge in [-0.15, -0.1) is 0 Å². The summed E-state index contributed by atoms with van der Waals surface area (Å²) in [5, 5.41) is 2.50. The zero-order valence-electron chi connectivity index (χ0n) is 16.8. The molecule has 1 fully saturated rings. The van der Waals surface area contributed by atoms with E-state index in [0.717, 1.165) is 47.7 Å². The van der Waals surface area contributed by atoms with Crippen LogP contribution in [0, 0.1) is 0 Å². The molecule has 11 heteroatoms. The van der Waals surface area contributed by atoms with Crippen LogP contribution in [-0.2, 0) is 6.42 Å². The van der Waals surface area contributed by atoms with E-state index in [2.05, 4.69) is 19.9 Å². The van der Waals surface area contributed by atoms with Crippen molar-refractivity contribution in [3.05, 3.63) is 39.3 Å². The molecule has 6 N–H and O–H groups in total. The highest BCUT2D eigenvalue weighted by Crippen LogP contribution is 2.37. The zero-order chi connectivity index (χ0) is 21.7. The van der Waals surface area contributed by atoms with E-state index in [9.17, 15) is 4.79 Å². The van der Waals surface area contributed by atoms with Crippen molar-refractivity contribution < 1.29 is 0 Å². The lowest BCUT2D eigenvalue weighted by atomic mass is 10.2. The minimum Gasteiger partial charge on any atom is -0.369 e. The lowest BCUT2D eigenvalue weighted by molar-refractivity contribution is 0.751. The summed E-state index contributed by atoms with van der Waals surface area (Å²) in [5.74, 6) is 0.880. The maximum Gasteiger partial charge on any atom is 0.282 e. The molecule has 0 aliphatic carbocycles. The number of fused-ring (bicyclic) bond motifs is 2. The normalized spacial score (nSPS) is 16.6. The Bertz CT molecular complexity index is 1370. The van der Waals surface area contributed by atoms with Gasteiger partial charge in [0.05, 0.1) is 21.3 Å². The molecule has 160 valence electrons. The Balaban J connectivity index is 1.60. The number of aromatic amines is 2. The van der Waals surface area contributed by atoms with Crippen LogP contribution in [0.25, 0.3) is 21.9 Å². The maximum absolute atomic E-state index is 12.2. The molecule has 1 atom stereocenters. The van der Waals surface area contributed by atoms with Gasteiger partial charge < -0.3 is 26.3 Å². The van der Waals surface area contributed by atoms with Gasteiger partial charge in [0, 0.05) is 29.7 Å². The van der Waals surface area contributed by atoms with Gasteiger partial charge in [-0.25, -0.2) is 9.97 Å². The minimum atomic E-state index is -0.374. The van der Waals surface area contributed by atoms with Crippen molar-refractivity contribution in [2.45, 2.75) is 35.9 Å². The number of anilines is 2. The van der Waals surface area contributed by atoms with Crippen LogP contribution in [0.15, 0.2) is 33.0 Å². The molecule has 4 aromatic rings. The number of halogens is 1. The fourth-order valence-corrected chi connectivity index (χ4v) is 5.03. The van der Waals surface area contributed by atoms with Gasteiger partial charge in [-0.3, -0.25) is 4.79 Å². The summed E-state index contributed by atoms with van der Waals surface area (Å²) >= 11 is 8.03. The Hall–Kier alpha value is -2.82. The van der Waals surface area contributed by atoms with Gasteiger partial charge in [-0.2, -0.15) is 4.98 Å². The summed E-state index contributed by atoms with van der Waals surface area (Å²) in [6, 6.07) is 5.57. The van der Waals surface area contributed by atoms with E-state index in [-0.39, 0.29) is 17.5 Å². The van der Waals surface area contributed by atoms with E-state index in [1.807, 2.05) is 13.0 Å². The summed E-state index contributed by atoms with van der Waals surface area (Å²) in [5.41, 5.74) is 13.7. The van der Waals surface area contributed by atoms with Gasteiger partial charge in [0.25, 0.3) is 5.56 Å². The smallest absolute Gasteiger partial charge is 0.282 e. The van der Waals surface area contributed by atoms with E-state index in [1.54, 1.807) is 12.1 Å². The Labute approximate surface area is 186 Å². The summed E-state index contributed by atoms with van der Waals surface area (Å²) in [7, 11) is 0. The van der Waals surface area contributed by atoms with Crippen molar-refractivity contribution >= 4 is 57.1 Å². The van der Waals surface area contributed by atoms with Crippen molar-refractivity contribution in [3.63, 3.8) is 0 Å². The largest absolute Gasteiger partial charge is 0.369 e. The van der Waals surface area contributed by atoms with Crippen LogP contribution in [0.1, 0.15) is 19.0 Å². The van der Waals surface area contributed by atoms with Gasteiger partial charge in [0.2, 0.25) is 5.95 Å². The van der Waals surface area contributed by atoms with Crippen molar-refractivity contribution in [3.8, 4) is 0 Å². The summed E-state index contributed by atoms with van der Waals surface area (Å²) in [6.45, 7) is 3.58. The number of benzene rings is 1. The summed E-state index contributed by atoms with van der Waals surface area (Å²) < 4.78 is 0. The maximum atomic E-state index is 12.2. The Morgan fingerprint density at radius 2 is 2.13 bits per heavy atom. The first kappa shape index (κ1) is 20.1. The molecule has 5 rings (SSSR count). The second-order valence-corrected chi connectivity index (χ2v) is 8.97. The monoisotopic (exact) mass is 456 g/mol. The molecule has 4 heterocycles. The predicted octanol–water partition coefficient (Wildman–Crippen LogP) is 2.68. The Morgan fingerprint density at radius 1 is 1.29 bits per heavy atom. The molecule has 1 unspecified atom stereocenters. The van der Waals surface area contributed by atoms with Crippen molar-refractivity contribution in [1.29, 1.82) is 0 Å². The molecule has 1 aliphatic rings. The third-order valence-corrected chi connectivity index (χ3v) is 6.69. The average molecular weight is 457 g/mol. The van der Waals surface area contributed by atoms with E-state index < -0.39 is 0 Å². The molecule has 1 aliphatic heterocycles. The number of aromatic nitrogens is 5. The Morgan fingerprint density at radius 3 is 2.87 bits per heavy atom. The second kappa shape index (κ2) is 7.70. The average Bonchev–Trinajstić information content (AvgIpc) is 3.31. The number of hydrogen-bond acceptors (Lipinski definition) is 8. The lowest BCUT2D eigenvalue weighted by Crippen LogP contribution is -2.27. The highest BCUT2D eigenvalue weighted by molar-refractivity contribution is 7.99. The molecule has 0 saturated carbocycles. The standard InChI is InChI=1S/C20H21ClN8OS/c1-2-12-15(21)14-16(24-12)26-20(27-17(14)29-6-5-9(22)8-29)31-10-3-4-13-11(7-10)18(30)28-19(23)25-13/h3-4,7,9H,2,5-6,8,22H2,1H3,(H,24,26,27)(H3,23,25,28,30). The third kappa shape index (κ3) is 3.60. The molecule has 0 spiro atoms. The highest BCUT2D eigenvalue weighted by Gasteiger charge is 2.26. The van der Waals surface area contributed by atoms with Gasteiger partial charge in [0.15, 0.2) is 5.16 Å². The van der Waals surface area contributed by atoms with Crippen LogP contribution in [0.4, 0.5) is 11.8 Å². The topological polar surface area (TPSA) is 143 Å². The number of aryl methyl sites for hydroxylation is 1. The first-order valence-electron chi connectivity index (χ1n) is 9.99. The second-order valence-electron chi connectivity index (χ2n) is 7.56. The molecule has 0 amide bonds. The van der Waals surface area contributed by atoms with E-state index in [0.29, 0.717) is 26.7 Å². The van der Waals surface area contributed by atoms with Crippen molar-refractivity contribution in [2.24, 2.45) is 5.73 Å². The molecular weight excluding hydrogens is 436 g/mol. The van der Waals surface area contributed by atoms with Crippen LogP contribution >= 0.6 is 23.4 Å². The highest BCUT2D eigenvalue weighted by atomic mass is 35.5. The molecule has 1 saturated heterocycles. The first-order chi connectivity index (χ1) is 14.9. The number of nitrogens with one attached hydrogen (secondary N) is 2. The molecule has 1 aromatic carbocycles. The van der Waals surface area contributed by atoms with Gasteiger partial charge in [0.1, 0.15) is 11.5 Å². The van der Waals surface area contributed by atoms with E-state index >= 15 is 0 Å². The lowest BCUT2D eigenvalue weighted by Gasteiger charge is -2.18. The van der Waals surface area contributed by atoms with Crippen LogP contribution < -0.4 is 21.9 Å². The third-order valence-electron chi connectivity index (χ3n) is 5.42. The van der Waals surface area contributed by atoms with Gasteiger partial charge >= 0.3 is 0 Å². The Kier molecular flexibility index (Phi) is 4.99. The predicted molar refractivity (Wildman–Crippen MR) is 124 cm³/mol. The quantitative estimate of drug-likeness (QED) is 0.343. The molecule has 3 aromatic heterocycles. The number of hydrogen-bond donors (Lipinski definition) is 4. The molecule has 31 heavy (non-hydrogen) atoms. The summed E-state index contributed by atoms with van der Waals surface area (Å²) in [4.78, 5) is 34.7. The SMILES string of the molecule is CCc1[nH]c2nc(Sc3ccc4[nH]c(N)nc(=O)c4c3)nc(N3CCC(N)C3)c2c1Cl. The van der Waals surface area contributed by atoms with E-state index in [4.69, 9.17) is 33.0 Å². The van der Waals surface area contributed by atoms with Crippen molar-refractivity contribution in [1.82, 2.24) is 24.9 Å². The fourth-order valence-electron chi connectivity index (χ4n) is 3.88. The molecule has 0 radical (unpaired) electrons. The number of nitrogen functional groups attached to an aromatic ring is 1. The van der Waals surface area contributed by atoms with E-state index in [1.165, 1.54) is 11.8 Å². The fraction of sp³-hybridized carbons (Fsp3) is 0.300. The summed E-state index contributed by atoms with van der Waals surface area (Å²) in [6.07, 6.45) is 1.67. The molecule has 9 nitrogen and oxygen atoms in total. The zero-order valence-corrected chi connectivity index (χ0v) is 18.3. The van der Waals surface area contributed by atoms with Crippen LogP contribution in [0.5, 0.6) is 0 Å². The molecule has 0 bridgehead atoms. The van der Waals surface area contributed by atoms with Crippen LogP contribution in [0.3, 0.4) is 0 Å². The van der Waals surface area contributed by atoms with Crippen molar-refractivity contribution in [2.75, 3.05) is 23.7 Å². The number of nitrogens with two attached hydrogens (primary N) is 2. The van der Waals surface area contributed by atoms with Gasteiger partial charge in [-0.1, -0.05) is 18.5 Å². The van der Waals surface area contributed by atoms with Gasteiger partial charge in [-0.05, 0) is 42.8 Å². The molecular formula is C20H21ClN8OS. The van der Waals surface area contributed by atoms with Crippen LogP contribution in [0.2, 0.25) is 5.02 Å². The number of rotatable bonds is 4.